The average Bonchev–Trinajstić information content (AvgIpc) is 3.38. The van der Waals surface area contributed by atoms with E-state index in [2.05, 4.69) is 33.7 Å². The standard InChI is InChI=1S/C23H30N4O4S2/c1-26(2)14-19-7-8-20(31-19)17-32-12-10-25-23(15-27(28)29)24-9-11-30-16-21-13-18-5-3-4-6-22(18)33-21/h3-8,13,15,24-25H,9-12,14,16-17H2,1-2H3. The predicted molar refractivity (Wildman–Crippen MR) is 135 cm³/mol. The van der Waals surface area contributed by atoms with Gasteiger partial charge >= 0.3 is 0 Å². The van der Waals surface area contributed by atoms with Gasteiger partial charge in [-0.1, -0.05) is 18.2 Å². The van der Waals surface area contributed by atoms with E-state index in [9.17, 15) is 10.1 Å². The maximum absolute atomic E-state index is 10.9. The average molecular weight is 491 g/mol. The van der Waals surface area contributed by atoms with Gasteiger partial charge in [-0.15, -0.1) is 11.3 Å². The number of fused-ring (bicyclic) bond motifs is 1. The summed E-state index contributed by atoms with van der Waals surface area (Å²) in [5, 5.41) is 18.3. The van der Waals surface area contributed by atoms with Gasteiger partial charge in [0.05, 0.1) is 30.4 Å². The molecule has 8 nitrogen and oxygen atoms in total. The molecule has 0 fully saturated rings. The second-order valence-corrected chi connectivity index (χ2v) is 9.92. The zero-order valence-corrected chi connectivity index (χ0v) is 20.5. The molecule has 0 aliphatic heterocycles. The van der Waals surface area contributed by atoms with Crippen molar-refractivity contribution in [1.29, 1.82) is 0 Å². The molecule has 0 aliphatic rings. The molecule has 10 heteroatoms. The first kappa shape index (κ1) is 25.1. The Morgan fingerprint density at radius 2 is 2.00 bits per heavy atom. The molecule has 2 heterocycles. The summed E-state index contributed by atoms with van der Waals surface area (Å²) in [6.07, 6.45) is 0.955. The number of nitrogens with zero attached hydrogens (tertiary/aromatic N) is 2. The van der Waals surface area contributed by atoms with Crippen molar-refractivity contribution in [3.05, 3.63) is 81.0 Å². The van der Waals surface area contributed by atoms with Crippen LogP contribution in [0.25, 0.3) is 10.1 Å². The highest BCUT2D eigenvalue weighted by Gasteiger charge is 2.06. The van der Waals surface area contributed by atoms with Crippen LogP contribution in [0.4, 0.5) is 0 Å². The van der Waals surface area contributed by atoms with E-state index in [1.54, 1.807) is 23.1 Å². The molecule has 0 aliphatic carbocycles. The number of furan rings is 1. The third-order valence-corrected chi connectivity index (χ3v) is 6.58. The lowest BCUT2D eigenvalue weighted by molar-refractivity contribution is -0.404. The number of rotatable bonds is 15. The number of nitrogens with one attached hydrogen (secondary N) is 2. The van der Waals surface area contributed by atoms with Crippen molar-refractivity contribution in [3.63, 3.8) is 0 Å². The Bertz CT molecular complexity index is 1010. The number of hydrogen-bond donors (Lipinski definition) is 2. The van der Waals surface area contributed by atoms with Crippen LogP contribution in [-0.4, -0.2) is 49.4 Å². The summed E-state index contributed by atoms with van der Waals surface area (Å²) >= 11 is 3.43. The second kappa shape index (κ2) is 13.2. The largest absolute Gasteiger partial charge is 0.464 e. The first-order chi connectivity index (χ1) is 16.0. The molecule has 0 bridgehead atoms. The van der Waals surface area contributed by atoms with Crippen molar-refractivity contribution in [1.82, 2.24) is 15.5 Å². The fourth-order valence-corrected chi connectivity index (χ4v) is 4.87. The summed E-state index contributed by atoms with van der Waals surface area (Å²) in [5.74, 6) is 3.83. The van der Waals surface area contributed by atoms with Crippen molar-refractivity contribution in [2.24, 2.45) is 0 Å². The van der Waals surface area contributed by atoms with E-state index in [0.717, 1.165) is 40.6 Å². The van der Waals surface area contributed by atoms with Crippen molar-refractivity contribution in [2.45, 2.75) is 18.9 Å². The number of thiophene rings is 1. The van der Waals surface area contributed by atoms with E-state index in [1.165, 1.54) is 10.1 Å². The van der Waals surface area contributed by atoms with E-state index in [0.29, 0.717) is 32.1 Å². The highest BCUT2D eigenvalue weighted by Crippen LogP contribution is 2.25. The first-order valence-corrected chi connectivity index (χ1v) is 12.6. The fourth-order valence-electron chi connectivity index (χ4n) is 3.12. The minimum atomic E-state index is -0.463. The number of nitro groups is 1. The van der Waals surface area contributed by atoms with Gasteiger partial charge in [-0.3, -0.25) is 10.1 Å². The molecule has 0 saturated carbocycles. The van der Waals surface area contributed by atoms with Crippen molar-refractivity contribution >= 4 is 33.2 Å². The van der Waals surface area contributed by atoms with Crippen LogP contribution < -0.4 is 10.6 Å². The van der Waals surface area contributed by atoms with E-state index in [1.807, 2.05) is 38.4 Å². The third kappa shape index (κ3) is 9.09. The maximum Gasteiger partial charge on any atom is 0.274 e. The van der Waals surface area contributed by atoms with Gasteiger partial charge in [0, 0.05) is 28.4 Å². The molecule has 1 aromatic carbocycles. The third-order valence-electron chi connectivity index (χ3n) is 4.51. The van der Waals surface area contributed by atoms with Crippen LogP contribution in [0.2, 0.25) is 0 Å². The molecule has 0 saturated heterocycles. The predicted octanol–water partition coefficient (Wildman–Crippen LogP) is 4.26. The summed E-state index contributed by atoms with van der Waals surface area (Å²) in [4.78, 5) is 13.7. The molecule has 2 N–H and O–H groups in total. The van der Waals surface area contributed by atoms with Crippen molar-refractivity contribution in [2.75, 3.05) is 39.5 Å². The molecule has 2 aromatic heterocycles. The smallest absolute Gasteiger partial charge is 0.274 e. The lowest BCUT2D eigenvalue weighted by atomic mass is 10.2. The van der Waals surface area contributed by atoms with Gasteiger partial charge in [-0.25, -0.2) is 0 Å². The molecular weight excluding hydrogens is 460 g/mol. The second-order valence-electron chi connectivity index (χ2n) is 7.64. The summed E-state index contributed by atoms with van der Waals surface area (Å²) in [6, 6.07) is 14.4. The Hall–Kier alpha value is -2.53. The van der Waals surface area contributed by atoms with Crippen LogP contribution in [0.5, 0.6) is 0 Å². The molecule has 3 aromatic rings. The minimum absolute atomic E-state index is 0.386. The van der Waals surface area contributed by atoms with Gasteiger partial charge in [0.1, 0.15) is 11.5 Å². The van der Waals surface area contributed by atoms with Gasteiger partial charge in [0.15, 0.2) is 5.82 Å². The molecule has 0 radical (unpaired) electrons. The lowest BCUT2D eigenvalue weighted by Crippen LogP contribution is -2.31. The number of benzene rings is 1. The zero-order chi connectivity index (χ0) is 23.5. The summed E-state index contributed by atoms with van der Waals surface area (Å²) < 4.78 is 12.8. The Kier molecular flexibility index (Phi) is 10.1. The Morgan fingerprint density at radius 3 is 2.79 bits per heavy atom. The van der Waals surface area contributed by atoms with Crippen LogP contribution in [0.15, 0.2) is 58.9 Å². The van der Waals surface area contributed by atoms with E-state index < -0.39 is 4.92 Å². The molecule has 0 atom stereocenters. The number of ether oxygens (including phenoxy) is 1. The van der Waals surface area contributed by atoms with Crippen LogP contribution in [0.3, 0.4) is 0 Å². The fraction of sp³-hybridized carbons (Fsp3) is 0.391. The molecular formula is C23H30N4O4S2. The Morgan fingerprint density at radius 1 is 1.21 bits per heavy atom. The van der Waals surface area contributed by atoms with Crippen molar-refractivity contribution < 1.29 is 14.1 Å². The van der Waals surface area contributed by atoms with E-state index in [-0.39, 0.29) is 0 Å². The first-order valence-electron chi connectivity index (χ1n) is 10.7. The van der Waals surface area contributed by atoms with Crippen LogP contribution in [0, 0.1) is 10.1 Å². The number of hydrogen-bond acceptors (Lipinski definition) is 9. The SMILES string of the molecule is CN(C)Cc1ccc(CSCCNC(=C[N+](=O)[O-])NCCOCc2cc3ccccc3s2)o1. The lowest BCUT2D eigenvalue weighted by Gasteiger charge is -2.11. The molecule has 3 rings (SSSR count). The number of thioether (sulfide) groups is 1. The molecule has 0 amide bonds. The minimum Gasteiger partial charge on any atom is -0.464 e. The zero-order valence-electron chi connectivity index (χ0n) is 18.9. The van der Waals surface area contributed by atoms with Gasteiger partial charge in [0.2, 0.25) is 0 Å². The highest BCUT2D eigenvalue weighted by atomic mass is 32.2. The van der Waals surface area contributed by atoms with Gasteiger partial charge < -0.3 is 24.7 Å². The quantitative estimate of drug-likeness (QED) is 0.185. The normalized spacial score (nSPS) is 11.9. The highest BCUT2D eigenvalue weighted by molar-refractivity contribution is 7.98. The summed E-state index contributed by atoms with van der Waals surface area (Å²) in [5.41, 5.74) is 0. The van der Waals surface area contributed by atoms with Crippen LogP contribution >= 0.6 is 23.1 Å². The van der Waals surface area contributed by atoms with Gasteiger partial charge in [0.25, 0.3) is 6.20 Å². The topological polar surface area (TPSA) is 92.8 Å². The summed E-state index contributed by atoms with van der Waals surface area (Å²) in [6.45, 7) is 2.84. The molecule has 178 valence electrons. The van der Waals surface area contributed by atoms with E-state index >= 15 is 0 Å². The maximum atomic E-state index is 10.9. The molecule has 33 heavy (non-hydrogen) atoms. The molecule has 0 spiro atoms. The van der Waals surface area contributed by atoms with Crippen molar-refractivity contribution in [3.8, 4) is 0 Å². The monoisotopic (exact) mass is 490 g/mol. The van der Waals surface area contributed by atoms with Gasteiger partial charge in [-0.2, -0.15) is 11.8 Å². The Balaban J connectivity index is 1.31. The summed E-state index contributed by atoms with van der Waals surface area (Å²) in [7, 11) is 4.01. The van der Waals surface area contributed by atoms with Crippen LogP contribution in [-0.2, 0) is 23.6 Å². The van der Waals surface area contributed by atoms with Gasteiger partial charge in [-0.05, 0) is 43.7 Å². The molecule has 0 unspecified atom stereocenters. The van der Waals surface area contributed by atoms with Crippen LogP contribution in [0.1, 0.15) is 16.4 Å². The Labute approximate surface area is 202 Å². The van der Waals surface area contributed by atoms with E-state index in [4.69, 9.17) is 9.15 Å².